The maximum absolute atomic E-state index is 6.12. The van der Waals surface area contributed by atoms with Gasteiger partial charge in [0.1, 0.15) is 0 Å². The Morgan fingerprint density at radius 3 is 2.65 bits per heavy atom. The summed E-state index contributed by atoms with van der Waals surface area (Å²) in [4.78, 5) is 9.20. The highest BCUT2D eigenvalue weighted by Gasteiger charge is 2.41. The predicted octanol–water partition coefficient (Wildman–Crippen LogP) is 3.47. The van der Waals surface area contributed by atoms with Crippen LogP contribution in [0.2, 0.25) is 0 Å². The maximum Gasteiger partial charge on any atom is 0.205 e. The molecule has 1 aliphatic heterocycles. The van der Waals surface area contributed by atoms with Gasteiger partial charge >= 0.3 is 0 Å². The lowest BCUT2D eigenvalue weighted by atomic mass is 10.1. The zero-order valence-corrected chi connectivity index (χ0v) is 12.5. The quantitative estimate of drug-likeness (QED) is 0.849. The molecule has 3 rings (SSSR count). The summed E-state index contributed by atoms with van der Waals surface area (Å²) in [6.45, 7) is 7.56. The summed E-state index contributed by atoms with van der Waals surface area (Å²) in [5, 5.41) is 1.15. The summed E-state index contributed by atoms with van der Waals surface area (Å²) < 4.78 is 0.722. The van der Waals surface area contributed by atoms with E-state index in [9.17, 15) is 0 Å². The first-order valence-electron chi connectivity index (χ1n) is 7.03. The third kappa shape index (κ3) is 1.72. The fourth-order valence-corrected chi connectivity index (χ4v) is 3.20. The van der Waals surface area contributed by atoms with Gasteiger partial charge in [-0.15, -0.1) is 0 Å². The summed E-state index contributed by atoms with van der Waals surface area (Å²) in [5.41, 5.74) is 9.12. The van der Waals surface area contributed by atoms with Crippen LogP contribution in [0.25, 0.3) is 10.9 Å². The van der Waals surface area contributed by atoms with Crippen LogP contribution >= 0.6 is 0 Å². The topological polar surface area (TPSA) is 51.3 Å². The number of anilines is 1. The zero-order chi connectivity index (χ0) is 14.5. The molecule has 0 spiro atoms. The number of amidine groups is 1. The van der Waals surface area contributed by atoms with Crippen molar-refractivity contribution in [3.8, 4) is 0 Å². The Morgan fingerprint density at radius 1 is 1.25 bits per heavy atom. The van der Waals surface area contributed by atoms with Crippen molar-refractivity contribution in [1.82, 2.24) is 9.47 Å². The monoisotopic (exact) mass is 269 g/mol. The highest BCUT2D eigenvalue weighted by atomic mass is 15.4. The van der Waals surface area contributed by atoms with Gasteiger partial charge in [-0.25, -0.2) is 9.47 Å². The third-order valence-corrected chi connectivity index (χ3v) is 4.08. The molecule has 104 valence electrons. The average Bonchev–Trinajstić information content (AvgIpc) is 2.62. The van der Waals surface area contributed by atoms with Crippen LogP contribution in [0.4, 0.5) is 17.2 Å². The number of pyridine rings is 1. The molecule has 2 heterocycles. The molecule has 4 heteroatoms. The Kier molecular flexibility index (Phi) is 2.80. The summed E-state index contributed by atoms with van der Waals surface area (Å²) in [5.74, 6) is 2.19. The zero-order valence-electron chi connectivity index (χ0n) is 12.5. The molecule has 2 N–H and O–H groups in total. The number of nitrogens with two attached hydrogens (primary N) is 1. The number of quaternary nitrogens is 1. The fourth-order valence-electron chi connectivity index (χ4n) is 3.20. The number of hydrogen-bond acceptors (Lipinski definition) is 3. The van der Waals surface area contributed by atoms with Gasteiger partial charge in [0, 0.05) is 12.8 Å². The Hall–Kier alpha value is -1.94. The number of nitrogen functional groups attached to an aromatic ring is 1. The molecule has 1 unspecified atom stereocenters. The molecular formula is C16H21N4+. The number of para-hydroxylation sites is 1. The molecule has 0 aliphatic carbocycles. The Morgan fingerprint density at radius 2 is 1.95 bits per heavy atom. The van der Waals surface area contributed by atoms with Crippen LogP contribution in [0.15, 0.2) is 29.3 Å². The van der Waals surface area contributed by atoms with Crippen molar-refractivity contribution in [1.29, 1.82) is 0 Å². The minimum Gasteiger partial charge on any atom is -0.382 e. The minimum atomic E-state index is 0.531. The second-order valence-electron chi connectivity index (χ2n) is 6.14. The average molecular weight is 269 g/mol. The van der Waals surface area contributed by atoms with Crippen LogP contribution in [0.5, 0.6) is 0 Å². The van der Waals surface area contributed by atoms with Crippen molar-refractivity contribution in [2.45, 2.75) is 20.8 Å². The molecule has 0 radical (unpaired) electrons. The standard InChI is InChI=1S/C16H21N4/c1-10(2)9-20(4)11(3)18-14-15(20)12-7-5-6-8-13(12)19-16(14)17/h5-8,10H,9H2,1-4H3,(H2,17,19)/q+1. The van der Waals surface area contributed by atoms with Gasteiger partial charge in [0.15, 0.2) is 17.2 Å². The summed E-state index contributed by atoms with van der Waals surface area (Å²) in [6, 6.07) is 8.18. The smallest absolute Gasteiger partial charge is 0.205 e. The van der Waals surface area contributed by atoms with Crippen molar-refractivity contribution in [3.05, 3.63) is 24.3 Å². The summed E-state index contributed by atoms with van der Waals surface area (Å²) >= 11 is 0. The molecule has 1 aromatic heterocycles. The number of rotatable bonds is 2. The molecule has 0 saturated heterocycles. The van der Waals surface area contributed by atoms with E-state index in [4.69, 9.17) is 10.7 Å². The number of aromatic nitrogens is 1. The van der Waals surface area contributed by atoms with Crippen molar-refractivity contribution in [2.75, 3.05) is 19.3 Å². The molecule has 0 amide bonds. The molecule has 20 heavy (non-hydrogen) atoms. The Bertz CT molecular complexity index is 718. The predicted molar refractivity (Wildman–Crippen MR) is 86.3 cm³/mol. The van der Waals surface area contributed by atoms with E-state index in [-0.39, 0.29) is 0 Å². The van der Waals surface area contributed by atoms with Crippen LogP contribution in [0, 0.1) is 5.92 Å². The van der Waals surface area contributed by atoms with E-state index in [1.807, 2.05) is 18.2 Å². The lowest BCUT2D eigenvalue weighted by Gasteiger charge is -2.31. The molecule has 1 aromatic carbocycles. The van der Waals surface area contributed by atoms with Gasteiger partial charge in [-0.05, 0) is 12.1 Å². The van der Waals surface area contributed by atoms with Crippen LogP contribution < -0.4 is 10.2 Å². The molecule has 0 bridgehead atoms. The van der Waals surface area contributed by atoms with E-state index in [0.29, 0.717) is 11.7 Å². The van der Waals surface area contributed by atoms with E-state index in [1.165, 1.54) is 5.69 Å². The second-order valence-corrected chi connectivity index (χ2v) is 6.14. The summed E-state index contributed by atoms with van der Waals surface area (Å²) in [7, 11) is 2.22. The first-order valence-corrected chi connectivity index (χ1v) is 7.03. The number of aliphatic imine (C=N–C) groups is 1. The maximum atomic E-state index is 6.12. The lowest BCUT2D eigenvalue weighted by molar-refractivity contribution is 0.423. The fraction of sp³-hybridized carbons (Fsp3) is 0.375. The lowest BCUT2D eigenvalue weighted by Crippen LogP contribution is -2.49. The van der Waals surface area contributed by atoms with Gasteiger partial charge in [-0.3, -0.25) is 0 Å². The van der Waals surface area contributed by atoms with Crippen molar-refractivity contribution in [3.63, 3.8) is 0 Å². The van der Waals surface area contributed by atoms with Gasteiger partial charge in [0.2, 0.25) is 5.84 Å². The van der Waals surface area contributed by atoms with E-state index in [0.717, 1.165) is 33.5 Å². The van der Waals surface area contributed by atoms with E-state index >= 15 is 0 Å². The molecule has 1 atom stereocenters. The van der Waals surface area contributed by atoms with Crippen LogP contribution in [0.1, 0.15) is 20.8 Å². The van der Waals surface area contributed by atoms with Crippen molar-refractivity contribution in [2.24, 2.45) is 10.9 Å². The van der Waals surface area contributed by atoms with Crippen LogP contribution in [-0.4, -0.2) is 24.4 Å². The Balaban J connectivity index is 2.35. The van der Waals surface area contributed by atoms with E-state index < -0.39 is 0 Å². The largest absolute Gasteiger partial charge is 0.382 e. The second kappa shape index (κ2) is 4.28. The number of nitrogens with zero attached hydrogens (tertiary/aromatic N) is 3. The first kappa shape index (κ1) is 13.1. The van der Waals surface area contributed by atoms with Gasteiger partial charge in [0.05, 0.1) is 24.5 Å². The van der Waals surface area contributed by atoms with Gasteiger partial charge in [-0.1, -0.05) is 26.0 Å². The van der Waals surface area contributed by atoms with Crippen LogP contribution in [-0.2, 0) is 0 Å². The van der Waals surface area contributed by atoms with E-state index in [1.54, 1.807) is 0 Å². The molecule has 0 fully saturated rings. The number of hydrogen-bond donors (Lipinski definition) is 1. The molecule has 4 nitrogen and oxygen atoms in total. The molecule has 0 saturated carbocycles. The van der Waals surface area contributed by atoms with Crippen molar-refractivity contribution >= 4 is 33.9 Å². The SMILES string of the molecule is CC1=Nc2c(N)nc3ccccc3c2[N+]1(C)CC(C)C. The highest BCUT2D eigenvalue weighted by Crippen LogP contribution is 2.47. The normalized spacial score (nSPS) is 21.4. The van der Waals surface area contributed by atoms with Crippen LogP contribution in [0.3, 0.4) is 0 Å². The van der Waals surface area contributed by atoms with Gasteiger partial charge in [-0.2, -0.15) is 4.99 Å². The molecule has 2 aromatic rings. The van der Waals surface area contributed by atoms with Gasteiger partial charge < -0.3 is 5.73 Å². The molecule has 1 aliphatic rings. The third-order valence-electron chi connectivity index (χ3n) is 4.08. The number of fused-ring (bicyclic) bond motifs is 3. The highest BCUT2D eigenvalue weighted by molar-refractivity contribution is 6.12. The Labute approximate surface area is 119 Å². The number of benzene rings is 1. The van der Waals surface area contributed by atoms with Gasteiger partial charge in [0.25, 0.3) is 0 Å². The molecular weight excluding hydrogens is 248 g/mol. The summed E-state index contributed by atoms with van der Waals surface area (Å²) in [6.07, 6.45) is 0. The minimum absolute atomic E-state index is 0.531. The van der Waals surface area contributed by atoms with Crippen molar-refractivity contribution < 1.29 is 0 Å². The van der Waals surface area contributed by atoms with E-state index in [2.05, 4.69) is 38.9 Å². The first-order chi connectivity index (χ1) is 9.43.